The van der Waals surface area contributed by atoms with Gasteiger partial charge in [-0.15, -0.1) is 0 Å². The van der Waals surface area contributed by atoms with Crippen molar-refractivity contribution in [3.63, 3.8) is 0 Å². The molecule has 0 atom stereocenters. The summed E-state index contributed by atoms with van der Waals surface area (Å²) in [5, 5.41) is 0. The highest BCUT2D eigenvalue weighted by Gasteiger charge is 2.05. The third-order valence-electron chi connectivity index (χ3n) is 2.65. The zero-order valence-electron chi connectivity index (χ0n) is 11.2. The molecular formula is C12H28N4. The van der Waals surface area contributed by atoms with Crippen LogP contribution in [0, 0.1) is 0 Å². The van der Waals surface area contributed by atoms with E-state index in [2.05, 4.69) is 20.8 Å². The summed E-state index contributed by atoms with van der Waals surface area (Å²) in [6, 6.07) is 0. The van der Waals surface area contributed by atoms with Crippen molar-refractivity contribution in [3.8, 4) is 0 Å². The van der Waals surface area contributed by atoms with E-state index >= 15 is 0 Å². The van der Waals surface area contributed by atoms with E-state index in [1.807, 2.05) is 4.90 Å². The molecule has 0 aliphatic rings. The molecule has 0 fully saturated rings. The van der Waals surface area contributed by atoms with Gasteiger partial charge in [-0.3, -0.25) is 4.91 Å². The largest absolute Gasteiger partial charge is 0.373 e. The van der Waals surface area contributed by atoms with Crippen molar-refractivity contribution in [2.45, 2.75) is 59.3 Å². The Morgan fingerprint density at radius 3 is 1.19 bits per heavy atom. The standard InChI is InChI=1S/C12H27N.N3/c1-4-7-10-13(11-8-5-2)12-9-6-3;1-3-2/h4-12H2,1-3H3;/q;-1/p+1. The van der Waals surface area contributed by atoms with Gasteiger partial charge in [0.1, 0.15) is 0 Å². The minimum atomic E-state index is 1.35. The topological polar surface area (TPSA) is 63.1 Å². The van der Waals surface area contributed by atoms with Crippen molar-refractivity contribution in [1.82, 2.24) is 0 Å². The number of hydrogen-bond donors (Lipinski definition) is 1. The van der Waals surface area contributed by atoms with Crippen LogP contribution in [0.15, 0.2) is 0 Å². The zero-order valence-corrected chi connectivity index (χ0v) is 11.2. The fraction of sp³-hybridized carbons (Fsp3) is 1.00. The van der Waals surface area contributed by atoms with Crippen LogP contribution in [0.2, 0.25) is 0 Å². The summed E-state index contributed by atoms with van der Waals surface area (Å²) < 4.78 is 0. The molecule has 0 amide bonds. The van der Waals surface area contributed by atoms with E-state index in [9.17, 15) is 0 Å². The van der Waals surface area contributed by atoms with Crippen LogP contribution in [-0.4, -0.2) is 19.6 Å². The Morgan fingerprint density at radius 1 is 0.750 bits per heavy atom. The van der Waals surface area contributed by atoms with Crippen molar-refractivity contribution in [1.29, 1.82) is 0 Å². The van der Waals surface area contributed by atoms with Crippen molar-refractivity contribution >= 4 is 0 Å². The molecule has 1 N–H and O–H groups in total. The highest BCUT2D eigenvalue weighted by molar-refractivity contribution is 4.37. The molecule has 0 aromatic carbocycles. The lowest BCUT2D eigenvalue weighted by Crippen LogP contribution is -3.12. The predicted octanol–water partition coefficient (Wildman–Crippen LogP) is 3.14. The van der Waals surface area contributed by atoms with Gasteiger partial charge in [-0.2, -0.15) is 0 Å². The molecule has 0 spiro atoms. The normalized spacial score (nSPS) is 9.50. The lowest BCUT2D eigenvalue weighted by molar-refractivity contribution is -0.900. The smallest absolute Gasteiger partial charge is 0.0770 e. The first-order valence-corrected chi connectivity index (χ1v) is 6.58. The fourth-order valence-electron chi connectivity index (χ4n) is 1.66. The Labute approximate surface area is 100 Å². The molecular weight excluding hydrogens is 200 g/mol. The van der Waals surface area contributed by atoms with E-state index in [0.29, 0.717) is 0 Å². The fourth-order valence-corrected chi connectivity index (χ4v) is 1.66. The Kier molecular flexibility index (Phi) is 18.4. The van der Waals surface area contributed by atoms with Crippen LogP contribution >= 0.6 is 0 Å². The van der Waals surface area contributed by atoms with Crippen LogP contribution in [0.1, 0.15) is 59.3 Å². The Morgan fingerprint density at radius 2 is 1.00 bits per heavy atom. The molecule has 4 heteroatoms. The van der Waals surface area contributed by atoms with E-state index in [1.165, 1.54) is 63.1 Å². The number of rotatable bonds is 9. The summed E-state index contributed by atoms with van der Waals surface area (Å²) in [5.41, 5.74) is 13.5. The molecule has 96 valence electrons. The molecule has 4 nitrogen and oxygen atoms in total. The molecule has 0 heterocycles. The number of unbranched alkanes of at least 4 members (excludes halogenated alkanes) is 3. The van der Waals surface area contributed by atoms with Crippen LogP contribution < -0.4 is 4.90 Å². The zero-order chi connectivity index (χ0) is 12.6. The Bertz CT molecular complexity index is 134. The van der Waals surface area contributed by atoms with Gasteiger partial charge in [-0.1, -0.05) is 40.0 Å². The maximum absolute atomic E-state index is 6.75. The Balaban J connectivity index is 0. The molecule has 0 saturated heterocycles. The minimum Gasteiger partial charge on any atom is -0.373 e. The maximum atomic E-state index is 6.75. The molecule has 0 bridgehead atoms. The average Bonchev–Trinajstić information content (AvgIpc) is 2.29. The van der Waals surface area contributed by atoms with Gasteiger partial charge < -0.3 is 16.0 Å². The molecule has 0 saturated carbocycles. The van der Waals surface area contributed by atoms with Crippen LogP contribution in [0.5, 0.6) is 0 Å². The van der Waals surface area contributed by atoms with Crippen molar-refractivity contribution in [3.05, 3.63) is 16.0 Å². The monoisotopic (exact) mass is 228 g/mol. The van der Waals surface area contributed by atoms with E-state index < -0.39 is 0 Å². The summed E-state index contributed by atoms with van der Waals surface area (Å²) in [5.74, 6) is 0. The van der Waals surface area contributed by atoms with Crippen LogP contribution in [0.3, 0.4) is 0 Å². The molecule has 0 aliphatic heterocycles. The van der Waals surface area contributed by atoms with Crippen molar-refractivity contribution in [2.75, 3.05) is 19.6 Å². The third-order valence-corrected chi connectivity index (χ3v) is 2.65. The van der Waals surface area contributed by atoms with Crippen molar-refractivity contribution < 1.29 is 4.90 Å². The molecule has 0 aromatic heterocycles. The number of hydrogen-bond acceptors (Lipinski definition) is 0. The van der Waals surface area contributed by atoms with Gasteiger partial charge in [-0.25, -0.2) is 0 Å². The molecule has 0 aliphatic carbocycles. The second-order valence-electron chi connectivity index (χ2n) is 4.15. The lowest BCUT2D eigenvalue weighted by atomic mass is 10.2. The molecule has 0 unspecified atom stereocenters. The van der Waals surface area contributed by atoms with Gasteiger partial charge in [0.15, 0.2) is 0 Å². The van der Waals surface area contributed by atoms with Gasteiger partial charge in [0.2, 0.25) is 0 Å². The van der Waals surface area contributed by atoms with E-state index in [-0.39, 0.29) is 0 Å². The number of nitrogens with zero attached hydrogens (tertiary/aromatic N) is 3. The highest BCUT2D eigenvalue weighted by Crippen LogP contribution is 1.85. The minimum absolute atomic E-state index is 1.35. The third kappa shape index (κ3) is 15.7. The first-order chi connectivity index (χ1) is 7.76. The summed E-state index contributed by atoms with van der Waals surface area (Å²) >= 11 is 0. The summed E-state index contributed by atoms with van der Waals surface area (Å²) in [6.07, 6.45) is 8.26. The average molecular weight is 228 g/mol. The van der Waals surface area contributed by atoms with E-state index in [4.69, 9.17) is 11.1 Å². The molecule has 0 rings (SSSR count). The van der Waals surface area contributed by atoms with E-state index in [0.717, 1.165) is 0 Å². The Hall–Kier alpha value is -0.730. The SMILES string of the molecule is CCCC[NH+](CCCC)CCCC.[N-]=[N+]=[N-]. The van der Waals surface area contributed by atoms with Crippen LogP contribution in [-0.2, 0) is 0 Å². The first kappa shape index (κ1) is 17.7. The first-order valence-electron chi connectivity index (χ1n) is 6.58. The van der Waals surface area contributed by atoms with Gasteiger partial charge in [-0.05, 0) is 19.3 Å². The van der Waals surface area contributed by atoms with Gasteiger partial charge in [0, 0.05) is 0 Å². The molecule has 0 aromatic rings. The predicted molar refractivity (Wildman–Crippen MR) is 70.4 cm³/mol. The summed E-state index contributed by atoms with van der Waals surface area (Å²) in [6.45, 7) is 11.1. The van der Waals surface area contributed by atoms with Gasteiger partial charge in [0.25, 0.3) is 0 Å². The van der Waals surface area contributed by atoms with Crippen molar-refractivity contribution in [2.24, 2.45) is 0 Å². The van der Waals surface area contributed by atoms with Gasteiger partial charge in [0.05, 0.1) is 19.6 Å². The molecule has 16 heavy (non-hydrogen) atoms. The molecule has 0 radical (unpaired) electrons. The quantitative estimate of drug-likeness (QED) is 0.358. The van der Waals surface area contributed by atoms with Gasteiger partial charge >= 0.3 is 0 Å². The van der Waals surface area contributed by atoms with Crippen LogP contribution in [0.25, 0.3) is 16.0 Å². The highest BCUT2D eigenvalue weighted by atomic mass is 15.1. The van der Waals surface area contributed by atoms with E-state index in [1.54, 1.807) is 0 Å². The second-order valence-corrected chi connectivity index (χ2v) is 4.15. The number of nitrogens with one attached hydrogen (secondary N) is 1. The maximum Gasteiger partial charge on any atom is 0.0770 e. The summed E-state index contributed by atoms with van der Waals surface area (Å²) in [7, 11) is 0. The van der Waals surface area contributed by atoms with Crippen LogP contribution in [0.4, 0.5) is 0 Å². The number of quaternary nitrogens is 1. The second kappa shape index (κ2) is 16.7. The lowest BCUT2D eigenvalue weighted by Gasteiger charge is -2.18. The summed E-state index contributed by atoms with van der Waals surface area (Å²) in [4.78, 5) is 3.34.